The van der Waals surface area contributed by atoms with Gasteiger partial charge in [0.25, 0.3) is 0 Å². The van der Waals surface area contributed by atoms with Gasteiger partial charge in [0, 0.05) is 0 Å². The third-order valence-electron chi connectivity index (χ3n) is 4.13. The first kappa shape index (κ1) is 12.5. The molecule has 0 aromatic carbocycles. The van der Waals surface area contributed by atoms with Crippen LogP contribution in [0.5, 0.6) is 0 Å². The minimum atomic E-state index is -0.725. The van der Waals surface area contributed by atoms with Gasteiger partial charge < -0.3 is 10.2 Å². The molecule has 15 heavy (non-hydrogen) atoms. The van der Waals surface area contributed by atoms with E-state index in [1.165, 1.54) is 0 Å². The van der Waals surface area contributed by atoms with Gasteiger partial charge in [0.15, 0.2) is 0 Å². The van der Waals surface area contributed by atoms with Crippen LogP contribution in [-0.4, -0.2) is 22.3 Å². The van der Waals surface area contributed by atoms with Gasteiger partial charge in [-0.25, -0.2) is 0 Å². The zero-order valence-electron chi connectivity index (χ0n) is 10.0. The van der Waals surface area contributed by atoms with Crippen LogP contribution in [0.1, 0.15) is 40.5 Å². The van der Waals surface area contributed by atoms with E-state index in [9.17, 15) is 9.90 Å². The molecule has 4 atom stereocenters. The fraction of sp³-hybridized carbons (Fsp3) is 0.917. The van der Waals surface area contributed by atoms with E-state index in [1.54, 1.807) is 0 Å². The number of hydrogen-bond acceptors (Lipinski definition) is 2. The molecule has 0 aliphatic heterocycles. The van der Waals surface area contributed by atoms with E-state index in [1.807, 2.05) is 27.7 Å². The molecule has 0 spiro atoms. The second kappa shape index (κ2) is 4.12. The molecular formula is C12H22O3. The lowest BCUT2D eigenvalue weighted by Crippen LogP contribution is -2.36. The summed E-state index contributed by atoms with van der Waals surface area (Å²) in [7, 11) is 0. The predicted octanol–water partition coefficient (Wildman–Crippen LogP) is 2.14. The van der Waals surface area contributed by atoms with Crippen molar-refractivity contribution in [2.24, 2.45) is 23.2 Å². The lowest BCUT2D eigenvalue weighted by molar-refractivity contribution is -0.145. The molecule has 0 amide bonds. The molecule has 2 N–H and O–H groups in total. The van der Waals surface area contributed by atoms with Crippen LogP contribution < -0.4 is 0 Å². The molecule has 0 aromatic heterocycles. The molecule has 88 valence electrons. The van der Waals surface area contributed by atoms with E-state index >= 15 is 0 Å². The van der Waals surface area contributed by atoms with Gasteiger partial charge >= 0.3 is 5.97 Å². The van der Waals surface area contributed by atoms with Crippen molar-refractivity contribution in [2.75, 3.05) is 0 Å². The maximum Gasteiger partial charge on any atom is 0.306 e. The van der Waals surface area contributed by atoms with Crippen LogP contribution in [0.4, 0.5) is 0 Å². The van der Waals surface area contributed by atoms with E-state index in [0.29, 0.717) is 6.42 Å². The summed E-state index contributed by atoms with van der Waals surface area (Å²) >= 11 is 0. The number of carboxylic acid groups (broad SMARTS) is 1. The number of carboxylic acids is 1. The van der Waals surface area contributed by atoms with Gasteiger partial charge in [0.1, 0.15) is 0 Å². The topological polar surface area (TPSA) is 57.5 Å². The van der Waals surface area contributed by atoms with Crippen LogP contribution in [0.3, 0.4) is 0 Å². The van der Waals surface area contributed by atoms with Gasteiger partial charge in [0.2, 0.25) is 0 Å². The standard InChI is InChI=1S/C12H22O3/c1-5-8(11(14)15)9-6-7(2)10(13)12(9,3)4/h7-10,13H,5-6H2,1-4H3,(H,14,15). The van der Waals surface area contributed by atoms with E-state index in [-0.39, 0.29) is 29.3 Å². The average Bonchev–Trinajstić information content (AvgIpc) is 2.31. The van der Waals surface area contributed by atoms with E-state index < -0.39 is 5.97 Å². The van der Waals surface area contributed by atoms with Gasteiger partial charge in [0.05, 0.1) is 12.0 Å². The molecule has 0 heterocycles. The number of aliphatic hydroxyl groups excluding tert-OH is 1. The van der Waals surface area contributed by atoms with E-state index in [0.717, 1.165) is 6.42 Å². The molecule has 0 saturated heterocycles. The smallest absolute Gasteiger partial charge is 0.306 e. The molecule has 1 aliphatic carbocycles. The van der Waals surface area contributed by atoms with Crippen LogP contribution in [0.15, 0.2) is 0 Å². The SMILES string of the molecule is CCC(C(=O)O)C1CC(C)C(O)C1(C)C. The molecule has 0 aromatic rings. The normalized spacial score (nSPS) is 36.5. The summed E-state index contributed by atoms with van der Waals surface area (Å²) in [6.07, 6.45) is 1.08. The summed E-state index contributed by atoms with van der Waals surface area (Å²) in [4.78, 5) is 11.1. The molecule has 1 saturated carbocycles. The van der Waals surface area contributed by atoms with Crippen molar-refractivity contribution in [3.63, 3.8) is 0 Å². The van der Waals surface area contributed by atoms with Gasteiger partial charge in [-0.1, -0.05) is 27.7 Å². The maximum atomic E-state index is 11.1. The quantitative estimate of drug-likeness (QED) is 0.756. The zero-order chi connectivity index (χ0) is 11.8. The molecule has 1 rings (SSSR count). The van der Waals surface area contributed by atoms with Crippen molar-refractivity contribution in [1.82, 2.24) is 0 Å². The van der Waals surface area contributed by atoms with Crippen LogP contribution in [-0.2, 0) is 4.79 Å². The highest BCUT2D eigenvalue weighted by Gasteiger charge is 2.50. The summed E-state index contributed by atoms with van der Waals surface area (Å²) in [5.41, 5.74) is -0.279. The van der Waals surface area contributed by atoms with Crippen molar-refractivity contribution < 1.29 is 15.0 Å². The van der Waals surface area contributed by atoms with Crippen molar-refractivity contribution in [3.8, 4) is 0 Å². The van der Waals surface area contributed by atoms with Crippen LogP contribution >= 0.6 is 0 Å². The number of aliphatic hydroxyl groups is 1. The third-order valence-corrected chi connectivity index (χ3v) is 4.13. The summed E-state index contributed by atoms with van der Waals surface area (Å²) in [6, 6.07) is 0. The Labute approximate surface area is 91.5 Å². The highest BCUT2D eigenvalue weighted by molar-refractivity contribution is 5.70. The average molecular weight is 214 g/mol. The second-order valence-corrected chi connectivity index (χ2v) is 5.44. The first-order valence-corrected chi connectivity index (χ1v) is 5.73. The maximum absolute atomic E-state index is 11.1. The molecule has 1 fully saturated rings. The summed E-state index contributed by atoms with van der Waals surface area (Å²) in [5.74, 6) is -0.750. The Balaban J connectivity index is 2.91. The number of aliphatic carboxylic acids is 1. The molecule has 3 nitrogen and oxygen atoms in total. The third kappa shape index (κ3) is 2.03. The summed E-state index contributed by atoms with van der Waals surface area (Å²) < 4.78 is 0. The van der Waals surface area contributed by atoms with Gasteiger partial charge in [-0.15, -0.1) is 0 Å². The predicted molar refractivity (Wildman–Crippen MR) is 58.5 cm³/mol. The Hall–Kier alpha value is -0.570. The Morgan fingerprint density at radius 1 is 1.53 bits per heavy atom. The first-order valence-electron chi connectivity index (χ1n) is 5.73. The first-order chi connectivity index (χ1) is 6.82. The van der Waals surface area contributed by atoms with E-state index in [4.69, 9.17) is 5.11 Å². The second-order valence-electron chi connectivity index (χ2n) is 5.44. The van der Waals surface area contributed by atoms with Crippen molar-refractivity contribution in [3.05, 3.63) is 0 Å². The van der Waals surface area contributed by atoms with E-state index in [2.05, 4.69) is 0 Å². The van der Waals surface area contributed by atoms with Crippen molar-refractivity contribution >= 4 is 5.97 Å². The monoisotopic (exact) mass is 214 g/mol. The number of carbonyl (C=O) groups is 1. The van der Waals surface area contributed by atoms with Crippen LogP contribution in [0.25, 0.3) is 0 Å². The van der Waals surface area contributed by atoms with Gasteiger partial charge in [-0.2, -0.15) is 0 Å². The minimum absolute atomic E-state index is 0.0880. The van der Waals surface area contributed by atoms with Crippen molar-refractivity contribution in [1.29, 1.82) is 0 Å². The van der Waals surface area contributed by atoms with Crippen molar-refractivity contribution in [2.45, 2.75) is 46.6 Å². The Kier molecular flexibility index (Phi) is 3.44. The fourth-order valence-corrected chi connectivity index (χ4v) is 3.10. The lowest BCUT2D eigenvalue weighted by atomic mass is 9.72. The summed E-state index contributed by atoms with van der Waals surface area (Å²) in [6.45, 7) is 7.88. The largest absolute Gasteiger partial charge is 0.481 e. The zero-order valence-corrected chi connectivity index (χ0v) is 10.0. The minimum Gasteiger partial charge on any atom is -0.481 e. The molecule has 3 heteroatoms. The lowest BCUT2D eigenvalue weighted by Gasteiger charge is -2.33. The Bertz CT molecular complexity index is 247. The summed E-state index contributed by atoms with van der Waals surface area (Å²) in [5, 5.41) is 19.2. The number of rotatable bonds is 3. The number of hydrogen-bond donors (Lipinski definition) is 2. The molecule has 4 unspecified atom stereocenters. The van der Waals surface area contributed by atoms with Gasteiger partial charge in [-0.3, -0.25) is 4.79 Å². The fourth-order valence-electron chi connectivity index (χ4n) is 3.10. The highest BCUT2D eigenvalue weighted by atomic mass is 16.4. The molecular weight excluding hydrogens is 192 g/mol. The van der Waals surface area contributed by atoms with Crippen LogP contribution in [0, 0.1) is 23.2 Å². The molecule has 1 aliphatic rings. The molecule has 0 radical (unpaired) electrons. The Morgan fingerprint density at radius 3 is 2.33 bits per heavy atom. The van der Waals surface area contributed by atoms with Gasteiger partial charge in [-0.05, 0) is 30.1 Å². The highest BCUT2D eigenvalue weighted by Crippen LogP contribution is 2.50. The Morgan fingerprint density at radius 2 is 2.07 bits per heavy atom. The molecule has 0 bridgehead atoms. The van der Waals surface area contributed by atoms with Crippen LogP contribution in [0.2, 0.25) is 0 Å².